The van der Waals surface area contributed by atoms with Crippen molar-refractivity contribution in [1.82, 2.24) is 19.6 Å². The molecular weight excluding hydrogens is 464 g/mol. The number of fused-ring (bicyclic) bond motifs is 1. The van der Waals surface area contributed by atoms with Gasteiger partial charge in [-0.15, -0.1) is 0 Å². The number of pyridine rings is 1. The number of halogens is 2. The Morgan fingerprint density at radius 1 is 1.11 bits per heavy atom. The van der Waals surface area contributed by atoms with Gasteiger partial charge < -0.3 is 15.6 Å². The van der Waals surface area contributed by atoms with Crippen LogP contribution >= 0.6 is 0 Å². The third-order valence-electron chi connectivity index (χ3n) is 7.42. The van der Waals surface area contributed by atoms with Crippen molar-refractivity contribution in [2.24, 2.45) is 5.73 Å². The van der Waals surface area contributed by atoms with Gasteiger partial charge in [0.1, 0.15) is 23.1 Å². The summed E-state index contributed by atoms with van der Waals surface area (Å²) in [4.78, 5) is 8.88. The van der Waals surface area contributed by atoms with E-state index in [1.807, 2.05) is 6.20 Å². The summed E-state index contributed by atoms with van der Waals surface area (Å²) in [7, 11) is 0. The van der Waals surface area contributed by atoms with E-state index in [1.165, 1.54) is 5.56 Å². The zero-order valence-corrected chi connectivity index (χ0v) is 19.7. The number of rotatable bonds is 5. The van der Waals surface area contributed by atoms with Crippen LogP contribution in [0, 0.1) is 11.6 Å². The van der Waals surface area contributed by atoms with Gasteiger partial charge in [0.05, 0.1) is 36.2 Å². The standard InChI is InChI=1S/C27H27F2N5O2/c28-22-10-18(27(35)14-36-15-27)11-23(29)26(22)24-5-4-20-13-32-25(34(20)33-24)9-17-12-31-7-6-21(17)16-2-1-3-19(30)8-16/h4-7,10-13,16,19,35H,1-3,8-9,14-15,30H2/t16-,19+/m1/s1. The maximum absolute atomic E-state index is 15.1. The molecule has 36 heavy (non-hydrogen) atoms. The Morgan fingerprint density at radius 2 is 1.92 bits per heavy atom. The smallest absolute Gasteiger partial charge is 0.136 e. The number of hydrogen-bond acceptors (Lipinski definition) is 6. The van der Waals surface area contributed by atoms with E-state index in [0.29, 0.717) is 18.2 Å². The Bertz CT molecular complexity index is 1410. The van der Waals surface area contributed by atoms with Crippen molar-refractivity contribution in [2.45, 2.75) is 49.7 Å². The third-order valence-corrected chi connectivity index (χ3v) is 7.42. The monoisotopic (exact) mass is 491 g/mol. The first kappa shape index (κ1) is 23.1. The lowest BCUT2D eigenvalue weighted by molar-refractivity contribution is -0.184. The van der Waals surface area contributed by atoms with Gasteiger partial charge in [0, 0.05) is 24.9 Å². The highest BCUT2D eigenvalue weighted by molar-refractivity contribution is 5.63. The number of imidazole rings is 1. The van der Waals surface area contributed by atoms with E-state index in [-0.39, 0.29) is 36.1 Å². The van der Waals surface area contributed by atoms with Crippen LogP contribution in [0.2, 0.25) is 0 Å². The lowest BCUT2D eigenvalue weighted by Crippen LogP contribution is -2.46. The molecule has 1 saturated heterocycles. The van der Waals surface area contributed by atoms with E-state index < -0.39 is 17.2 Å². The average Bonchev–Trinajstić information content (AvgIpc) is 3.24. The fourth-order valence-electron chi connectivity index (χ4n) is 5.40. The van der Waals surface area contributed by atoms with E-state index in [2.05, 4.69) is 21.1 Å². The number of ether oxygens (including phenoxy) is 1. The molecule has 186 valence electrons. The molecule has 0 spiro atoms. The highest BCUT2D eigenvalue weighted by atomic mass is 19.1. The van der Waals surface area contributed by atoms with Gasteiger partial charge in [-0.2, -0.15) is 5.10 Å². The lowest BCUT2D eigenvalue weighted by Gasteiger charge is -2.36. The predicted octanol–water partition coefficient (Wildman–Crippen LogP) is 3.86. The van der Waals surface area contributed by atoms with Crippen molar-refractivity contribution < 1.29 is 18.6 Å². The minimum absolute atomic E-state index is 0.0109. The minimum Gasteiger partial charge on any atom is -0.380 e. The maximum Gasteiger partial charge on any atom is 0.136 e. The topological polar surface area (TPSA) is 98.6 Å². The number of aliphatic hydroxyl groups is 1. The third kappa shape index (κ3) is 4.07. The van der Waals surface area contributed by atoms with Crippen molar-refractivity contribution in [3.63, 3.8) is 0 Å². The molecule has 2 atom stereocenters. The molecule has 9 heteroatoms. The predicted molar refractivity (Wildman–Crippen MR) is 129 cm³/mol. The lowest BCUT2D eigenvalue weighted by atomic mass is 9.80. The van der Waals surface area contributed by atoms with Crippen molar-refractivity contribution in [3.8, 4) is 11.3 Å². The number of benzene rings is 1. The summed E-state index contributed by atoms with van der Waals surface area (Å²) < 4.78 is 36.8. The summed E-state index contributed by atoms with van der Waals surface area (Å²) in [6, 6.07) is 7.87. The van der Waals surface area contributed by atoms with Crippen LogP contribution in [-0.4, -0.2) is 43.9 Å². The summed E-state index contributed by atoms with van der Waals surface area (Å²) >= 11 is 0. The van der Waals surface area contributed by atoms with E-state index in [0.717, 1.165) is 48.9 Å². The molecular formula is C27H27F2N5O2. The summed E-state index contributed by atoms with van der Waals surface area (Å²) in [5, 5.41) is 15.0. The summed E-state index contributed by atoms with van der Waals surface area (Å²) in [5.74, 6) is -0.553. The number of aromatic nitrogens is 4. The van der Waals surface area contributed by atoms with Crippen LogP contribution < -0.4 is 5.73 Å². The molecule has 2 aliphatic rings. The first-order valence-corrected chi connectivity index (χ1v) is 12.2. The fourth-order valence-corrected chi connectivity index (χ4v) is 5.40. The van der Waals surface area contributed by atoms with Gasteiger partial charge in [-0.05, 0) is 72.2 Å². The highest BCUT2D eigenvalue weighted by Crippen LogP contribution is 2.36. The van der Waals surface area contributed by atoms with E-state index in [4.69, 9.17) is 10.5 Å². The van der Waals surface area contributed by atoms with Crippen LogP contribution in [0.5, 0.6) is 0 Å². The van der Waals surface area contributed by atoms with Gasteiger partial charge in [0.25, 0.3) is 0 Å². The normalized spacial score (nSPS) is 21.4. The largest absolute Gasteiger partial charge is 0.380 e. The highest BCUT2D eigenvalue weighted by Gasteiger charge is 2.39. The van der Waals surface area contributed by atoms with Crippen LogP contribution in [0.1, 0.15) is 54.1 Å². The Kier molecular flexibility index (Phi) is 5.78. The molecule has 4 heterocycles. The van der Waals surface area contributed by atoms with Gasteiger partial charge in [-0.1, -0.05) is 6.42 Å². The number of nitrogens with two attached hydrogens (primary N) is 1. The average molecular weight is 492 g/mol. The molecule has 3 N–H and O–H groups in total. The second-order valence-electron chi connectivity index (χ2n) is 9.94. The van der Waals surface area contributed by atoms with Gasteiger partial charge in [-0.25, -0.2) is 18.3 Å². The summed E-state index contributed by atoms with van der Waals surface area (Å²) in [6.07, 6.45) is 10.0. The minimum atomic E-state index is -1.36. The Balaban J connectivity index is 1.35. The van der Waals surface area contributed by atoms with Crippen molar-refractivity contribution in [1.29, 1.82) is 0 Å². The Morgan fingerprint density at radius 3 is 2.64 bits per heavy atom. The van der Waals surface area contributed by atoms with Gasteiger partial charge in [0.15, 0.2) is 0 Å². The second kappa shape index (κ2) is 8.99. The fraction of sp³-hybridized carbons (Fsp3) is 0.370. The molecule has 1 saturated carbocycles. The van der Waals surface area contributed by atoms with Crippen LogP contribution in [-0.2, 0) is 16.8 Å². The van der Waals surface area contributed by atoms with E-state index in [1.54, 1.807) is 29.0 Å². The quantitative estimate of drug-likeness (QED) is 0.440. The van der Waals surface area contributed by atoms with Crippen LogP contribution in [0.15, 0.2) is 48.9 Å². The molecule has 0 unspecified atom stereocenters. The van der Waals surface area contributed by atoms with Crippen LogP contribution in [0.3, 0.4) is 0 Å². The Hall–Kier alpha value is -3.27. The zero-order valence-electron chi connectivity index (χ0n) is 19.7. The molecule has 3 aromatic heterocycles. The molecule has 0 amide bonds. The molecule has 1 aromatic carbocycles. The van der Waals surface area contributed by atoms with Crippen molar-refractivity contribution in [3.05, 3.63) is 83.1 Å². The molecule has 0 radical (unpaired) electrons. The number of nitrogens with zero attached hydrogens (tertiary/aromatic N) is 4. The molecule has 6 rings (SSSR count). The van der Waals surface area contributed by atoms with Gasteiger partial charge >= 0.3 is 0 Å². The summed E-state index contributed by atoms with van der Waals surface area (Å²) in [5.41, 5.74) is 7.92. The van der Waals surface area contributed by atoms with E-state index >= 15 is 8.78 Å². The maximum atomic E-state index is 15.1. The molecule has 1 aliphatic heterocycles. The molecule has 1 aliphatic carbocycles. The SMILES string of the molecule is N[C@H]1CCC[C@@H](c2ccncc2Cc2ncc3ccc(-c4c(F)cc(C5(O)COC5)cc4F)nn23)C1. The second-order valence-corrected chi connectivity index (χ2v) is 9.94. The van der Waals surface area contributed by atoms with Crippen LogP contribution in [0.4, 0.5) is 8.78 Å². The van der Waals surface area contributed by atoms with Crippen LogP contribution in [0.25, 0.3) is 16.8 Å². The molecule has 4 aromatic rings. The van der Waals surface area contributed by atoms with Crippen molar-refractivity contribution >= 4 is 5.52 Å². The van der Waals surface area contributed by atoms with Gasteiger partial charge in [0.2, 0.25) is 0 Å². The first-order chi connectivity index (χ1) is 17.4. The van der Waals surface area contributed by atoms with Gasteiger partial charge in [-0.3, -0.25) is 4.98 Å². The molecule has 0 bridgehead atoms. The molecule has 7 nitrogen and oxygen atoms in total. The van der Waals surface area contributed by atoms with E-state index in [9.17, 15) is 5.11 Å². The molecule has 2 fully saturated rings. The zero-order chi connectivity index (χ0) is 24.9. The Labute approximate surface area is 207 Å². The first-order valence-electron chi connectivity index (χ1n) is 12.2. The number of hydrogen-bond donors (Lipinski definition) is 2. The summed E-state index contributed by atoms with van der Waals surface area (Å²) in [6.45, 7) is 0.0217. The van der Waals surface area contributed by atoms with Crippen molar-refractivity contribution in [2.75, 3.05) is 13.2 Å².